The van der Waals surface area contributed by atoms with Crippen LogP contribution in [0, 0.1) is 13.8 Å². The van der Waals surface area contributed by atoms with Crippen LogP contribution in [-0.2, 0) is 18.4 Å². The zero-order chi connectivity index (χ0) is 13.0. The quantitative estimate of drug-likeness (QED) is 0.792. The maximum atomic E-state index is 11.5. The van der Waals surface area contributed by atoms with Crippen LogP contribution in [0.3, 0.4) is 0 Å². The van der Waals surface area contributed by atoms with Gasteiger partial charge in [-0.05, 0) is 27.7 Å². The third-order valence-corrected chi connectivity index (χ3v) is 2.99. The van der Waals surface area contributed by atoms with Crippen molar-refractivity contribution in [3.05, 3.63) is 17.0 Å². The fourth-order valence-corrected chi connectivity index (χ4v) is 1.75. The third-order valence-electron chi connectivity index (χ3n) is 2.99. The number of hydrogen-bond acceptors (Lipinski definition) is 3. The lowest BCUT2D eigenvalue weighted by atomic mass is 10.2. The van der Waals surface area contributed by atoms with E-state index in [1.165, 1.54) is 5.56 Å². The van der Waals surface area contributed by atoms with Crippen LogP contribution in [0.4, 0.5) is 0 Å². The molecule has 1 aromatic heterocycles. The van der Waals surface area contributed by atoms with Gasteiger partial charge in [-0.25, -0.2) is 0 Å². The summed E-state index contributed by atoms with van der Waals surface area (Å²) in [4.78, 5) is 11.5. The molecule has 5 heteroatoms. The Bertz CT molecular complexity index is 397. The largest absolute Gasteiger partial charge is 0.355 e. The van der Waals surface area contributed by atoms with Crippen LogP contribution in [-0.4, -0.2) is 28.3 Å². The van der Waals surface area contributed by atoms with E-state index in [2.05, 4.69) is 15.7 Å². The van der Waals surface area contributed by atoms with Crippen LogP contribution in [0.25, 0.3) is 0 Å². The van der Waals surface area contributed by atoms with E-state index in [0.717, 1.165) is 11.4 Å². The molecule has 0 radical (unpaired) electrons. The normalized spacial score (nSPS) is 12.5. The van der Waals surface area contributed by atoms with E-state index in [1.54, 1.807) is 0 Å². The summed E-state index contributed by atoms with van der Waals surface area (Å²) < 4.78 is 1.86. The second-order valence-electron chi connectivity index (χ2n) is 4.27. The molecule has 0 saturated heterocycles. The molecule has 0 aliphatic rings. The first-order valence-electron chi connectivity index (χ1n) is 5.97. The number of likely N-dealkylation sites (N-methyl/N-ethyl adjacent to an activating group) is 1. The lowest BCUT2D eigenvalue weighted by Crippen LogP contribution is -2.41. The predicted octanol–water partition coefficient (Wildman–Crippen LogP) is 0.651. The minimum absolute atomic E-state index is 0.0340. The van der Waals surface area contributed by atoms with E-state index in [0.29, 0.717) is 13.1 Å². The van der Waals surface area contributed by atoms with Gasteiger partial charge in [-0.2, -0.15) is 5.10 Å². The van der Waals surface area contributed by atoms with Crippen LogP contribution in [0.15, 0.2) is 0 Å². The molecule has 2 N–H and O–H groups in total. The molecular formula is C12H22N4O. The van der Waals surface area contributed by atoms with Crippen LogP contribution in [0.5, 0.6) is 0 Å². The van der Waals surface area contributed by atoms with Crippen LogP contribution < -0.4 is 10.6 Å². The summed E-state index contributed by atoms with van der Waals surface area (Å²) >= 11 is 0. The van der Waals surface area contributed by atoms with Crippen LogP contribution in [0.2, 0.25) is 0 Å². The summed E-state index contributed by atoms with van der Waals surface area (Å²) in [5.74, 6) is 0.0340. The lowest BCUT2D eigenvalue weighted by molar-refractivity contribution is -0.122. The van der Waals surface area contributed by atoms with E-state index in [1.807, 2.05) is 39.4 Å². The number of hydrogen-bond donors (Lipinski definition) is 2. The van der Waals surface area contributed by atoms with Crippen molar-refractivity contribution in [2.24, 2.45) is 7.05 Å². The summed E-state index contributed by atoms with van der Waals surface area (Å²) in [6.07, 6.45) is 0. The Balaban J connectivity index is 2.58. The molecular weight excluding hydrogens is 216 g/mol. The van der Waals surface area contributed by atoms with Gasteiger partial charge in [-0.1, -0.05) is 0 Å². The molecule has 0 aromatic carbocycles. The Labute approximate surface area is 103 Å². The highest BCUT2D eigenvalue weighted by Crippen LogP contribution is 2.11. The minimum atomic E-state index is -0.186. The number of nitrogens with zero attached hydrogens (tertiary/aromatic N) is 2. The van der Waals surface area contributed by atoms with E-state index in [-0.39, 0.29) is 11.9 Å². The Morgan fingerprint density at radius 2 is 2.12 bits per heavy atom. The van der Waals surface area contributed by atoms with Crippen molar-refractivity contribution in [3.8, 4) is 0 Å². The zero-order valence-electron chi connectivity index (χ0n) is 11.3. The molecule has 0 bridgehead atoms. The summed E-state index contributed by atoms with van der Waals surface area (Å²) in [6, 6.07) is -0.186. The SMILES string of the molecule is CCNC(=O)C(C)NCc1c(C)nn(C)c1C. The van der Waals surface area contributed by atoms with E-state index >= 15 is 0 Å². The Hall–Kier alpha value is -1.36. The highest BCUT2D eigenvalue weighted by atomic mass is 16.2. The molecule has 0 saturated carbocycles. The Morgan fingerprint density at radius 1 is 1.47 bits per heavy atom. The monoisotopic (exact) mass is 238 g/mol. The molecule has 1 unspecified atom stereocenters. The molecule has 0 spiro atoms. The number of carbonyl (C=O) groups excluding carboxylic acids is 1. The highest BCUT2D eigenvalue weighted by molar-refractivity contribution is 5.81. The van der Waals surface area contributed by atoms with E-state index < -0.39 is 0 Å². The van der Waals surface area contributed by atoms with Crippen molar-refractivity contribution < 1.29 is 4.79 Å². The molecule has 1 rings (SSSR count). The molecule has 17 heavy (non-hydrogen) atoms. The third kappa shape index (κ3) is 3.30. The number of rotatable bonds is 5. The lowest BCUT2D eigenvalue weighted by Gasteiger charge is -2.13. The van der Waals surface area contributed by atoms with Gasteiger partial charge >= 0.3 is 0 Å². The number of amides is 1. The van der Waals surface area contributed by atoms with Crippen LogP contribution in [0.1, 0.15) is 30.8 Å². The van der Waals surface area contributed by atoms with Crippen molar-refractivity contribution in [2.75, 3.05) is 6.54 Å². The average molecular weight is 238 g/mol. The number of carbonyl (C=O) groups is 1. The maximum Gasteiger partial charge on any atom is 0.236 e. The highest BCUT2D eigenvalue weighted by Gasteiger charge is 2.14. The smallest absolute Gasteiger partial charge is 0.236 e. The molecule has 1 heterocycles. The first kappa shape index (κ1) is 13.7. The van der Waals surface area contributed by atoms with Crippen molar-refractivity contribution >= 4 is 5.91 Å². The molecule has 0 fully saturated rings. The molecule has 0 aliphatic heterocycles. The summed E-state index contributed by atoms with van der Waals surface area (Å²) in [5, 5.41) is 10.4. The first-order chi connectivity index (χ1) is 7.97. The minimum Gasteiger partial charge on any atom is -0.355 e. The Kier molecular flexibility index (Phi) is 4.69. The molecule has 5 nitrogen and oxygen atoms in total. The second kappa shape index (κ2) is 5.82. The predicted molar refractivity (Wildman–Crippen MR) is 67.7 cm³/mol. The van der Waals surface area contributed by atoms with Gasteiger partial charge in [0, 0.05) is 31.4 Å². The van der Waals surface area contributed by atoms with E-state index in [9.17, 15) is 4.79 Å². The standard InChI is InChI=1S/C12H22N4O/c1-6-13-12(17)9(3)14-7-11-8(2)15-16(5)10(11)4/h9,14H,6-7H2,1-5H3,(H,13,17). The van der Waals surface area contributed by atoms with Crippen molar-refractivity contribution in [1.82, 2.24) is 20.4 Å². The van der Waals surface area contributed by atoms with Gasteiger partial charge in [0.15, 0.2) is 0 Å². The molecule has 96 valence electrons. The molecule has 0 aliphatic carbocycles. The number of nitrogens with one attached hydrogen (secondary N) is 2. The topological polar surface area (TPSA) is 59.0 Å². The number of aryl methyl sites for hydroxylation is 2. The fourth-order valence-electron chi connectivity index (χ4n) is 1.75. The molecule has 1 aromatic rings. The Morgan fingerprint density at radius 3 is 2.59 bits per heavy atom. The number of aromatic nitrogens is 2. The molecule has 1 atom stereocenters. The van der Waals surface area contributed by atoms with Crippen molar-refractivity contribution in [1.29, 1.82) is 0 Å². The van der Waals surface area contributed by atoms with Gasteiger partial charge in [0.25, 0.3) is 0 Å². The fraction of sp³-hybridized carbons (Fsp3) is 0.667. The summed E-state index contributed by atoms with van der Waals surface area (Å²) in [6.45, 7) is 9.14. The van der Waals surface area contributed by atoms with Gasteiger partial charge in [0.1, 0.15) is 0 Å². The van der Waals surface area contributed by atoms with Crippen molar-refractivity contribution in [3.63, 3.8) is 0 Å². The van der Waals surface area contributed by atoms with Crippen molar-refractivity contribution in [2.45, 2.75) is 40.3 Å². The van der Waals surface area contributed by atoms with Gasteiger partial charge in [-0.3, -0.25) is 9.48 Å². The second-order valence-corrected chi connectivity index (χ2v) is 4.27. The van der Waals surface area contributed by atoms with Gasteiger partial charge in [0.05, 0.1) is 11.7 Å². The summed E-state index contributed by atoms with van der Waals surface area (Å²) in [5.41, 5.74) is 3.32. The van der Waals surface area contributed by atoms with Gasteiger partial charge in [-0.15, -0.1) is 0 Å². The first-order valence-corrected chi connectivity index (χ1v) is 5.97. The maximum absolute atomic E-state index is 11.5. The van der Waals surface area contributed by atoms with E-state index in [4.69, 9.17) is 0 Å². The van der Waals surface area contributed by atoms with Gasteiger partial charge in [0.2, 0.25) is 5.91 Å². The average Bonchev–Trinajstić information content (AvgIpc) is 2.51. The zero-order valence-corrected chi connectivity index (χ0v) is 11.3. The van der Waals surface area contributed by atoms with Gasteiger partial charge < -0.3 is 10.6 Å². The summed E-state index contributed by atoms with van der Waals surface area (Å²) in [7, 11) is 1.93. The molecule has 1 amide bonds. The van der Waals surface area contributed by atoms with Crippen LogP contribution >= 0.6 is 0 Å².